The van der Waals surface area contributed by atoms with Crippen LogP contribution in [0.25, 0.3) is 0 Å². The first-order valence-electron chi connectivity index (χ1n) is 5.44. The van der Waals surface area contributed by atoms with E-state index in [0.717, 1.165) is 0 Å². The molecule has 4 nitrogen and oxygen atoms in total. The highest BCUT2D eigenvalue weighted by atomic mass is 16.5. The summed E-state index contributed by atoms with van der Waals surface area (Å²) in [7, 11) is 1.43. The Kier molecular flexibility index (Phi) is 5.36. The summed E-state index contributed by atoms with van der Waals surface area (Å²) in [6, 6.07) is 6.92. The number of hydrogen-bond donors (Lipinski definition) is 0. The SMILES string of the molecule is CCOc1ccccc1C(=O)CC(=O)COC. The van der Waals surface area contributed by atoms with Gasteiger partial charge in [0.25, 0.3) is 0 Å². The van der Waals surface area contributed by atoms with Crippen molar-refractivity contribution in [2.75, 3.05) is 20.3 Å². The van der Waals surface area contributed by atoms with Crippen LogP contribution in [0, 0.1) is 0 Å². The first kappa shape index (κ1) is 13.4. The van der Waals surface area contributed by atoms with Crippen LogP contribution in [0.15, 0.2) is 24.3 Å². The van der Waals surface area contributed by atoms with Crippen LogP contribution in [0.4, 0.5) is 0 Å². The number of benzene rings is 1. The monoisotopic (exact) mass is 236 g/mol. The Balaban J connectivity index is 2.77. The Bertz CT molecular complexity index is 398. The molecule has 4 heteroatoms. The molecule has 17 heavy (non-hydrogen) atoms. The zero-order valence-electron chi connectivity index (χ0n) is 10.1. The highest BCUT2D eigenvalue weighted by Gasteiger charge is 2.15. The van der Waals surface area contributed by atoms with Crippen molar-refractivity contribution >= 4 is 11.6 Å². The number of methoxy groups -OCH3 is 1. The smallest absolute Gasteiger partial charge is 0.174 e. The van der Waals surface area contributed by atoms with E-state index >= 15 is 0 Å². The minimum absolute atomic E-state index is 0.0391. The van der Waals surface area contributed by atoms with E-state index in [2.05, 4.69) is 4.74 Å². The molecule has 0 unspecified atom stereocenters. The quantitative estimate of drug-likeness (QED) is 0.535. The van der Waals surface area contributed by atoms with E-state index in [0.29, 0.717) is 17.9 Å². The van der Waals surface area contributed by atoms with Crippen LogP contribution in [-0.4, -0.2) is 31.9 Å². The Hall–Kier alpha value is -1.68. The zero-order valence-corrected chi connectivity index (χ0v) is 10.1. The molecule has 1 rings (SSSR count). The normalized spacial score (nSPS) is 10.0. The van der Waals surface area contributed by atoms with E-state index in [-0.39, 0.29) is 24.6 Å². The summed E-state index contributed by atoms with van der Waals surface area (Å²) in [4.78, 5) is 23.2. The minimum Gasteiger partial charge on any atom is -0.493 e. The van der Waals surface area contributed by atoms with Crippen LogP contribution < -0.4 is 4.74 Å². The van der Waals surface area contributed by atoms with Gasteiger partial charge in [-0.25, -0.2) is 0 Å². The summed E-state index contributed by atoms with van der Waals surface area (Å²) < 4.78 is 10.0. The third kappa shape index (κ3) is 4.00. The van der Waals surface area contributed by atoms with Crippen LogP contribution >= 0.6 is 0 Å². The van der Waals surface area contributed by atoms with E-state index < -0.39 is 0 Å². The fourth-order valence-electron chi connectivity index (χ4n) is 1.46. The van der Waals surface area contributed by atoms with Gasteiger partial charge in [0, 0.05) is 7.11 Å². The van der Waals surface area contributed by atoms with Crippen LogP contribution in [0.3, 0.4) is 0 Å². The van der Waals surface area contributed by atoms with Crippen molar-refractivity contribution < 1.29 is 19.1 Å². The number of hydrogen-bond acceptors (Lipinski definition) is 4. The highest BCUT2D eigenvalue weighted by molar-refractivity contribution is 6.09. The van der Waals surface area contributed by atoms with Crippen LogP contribution in [0.2, 0.25) is 0 Å². The molecule has 0 saturated carbocycles. The van der Waals surface area contributed by atoms with Crippen molar-refractivity contribution in [2.24, 2.45) is 0 Å². The Morgan fingerprint density at radius 1 is 1.24 bits per heavy atom. The molecule has 92 valence electrons. The van der Waals surface area contributed by atoms with Crippen molar-refractivity contribution in [3.63, 3.8) is 0 Å². The molecule has 1 aromatic rings. The Labute approximate surface area is 101 Å². The lowest BCUT2D eigenvalue weighted by Gasteiger charge is -2.08. The topological polar surface area (TPSA) is 52.6 Å². The fourth-order valence-corrected chi connectivity index (χ4v) is 1.46. The molecule has 0 aliphatic rings. The molecule has 0 spiro atoms. The number of ether oxygens (including phenoxy) is 2. The first-order chi connectivity index (χ1) is 8.19. The molecule has 0 saturated heterocycles. The molecule has 0 fully saturated rings. The second-order valence-corrected chi connectivity index (χ2v) is 3.50. The lowest BCUT2D eigenvalue weighted by atomic mass is 10.1. The van der Waals surface area contributed by atoms with E-state index in [1.54, 1.807) is 24.3 Å². The highest BCUT2D eigenvalue weighted by Crippen LogP contribution is 2.19. The van der Waals surface area contributed by atoms with E-state index in [4.69, 9.17) is 4.74 Å². The Morgan fingerprint density at radius 3 is 2.59 bits per heavy atom. The Morgan fingerprint density at radius 2 is 1.94 bits per heavy atom. The molecular weight excluding hydrogens is 220 g/mol. The third-order valence-electron chi connectivity index (χ3n) is 2.15. The predicted octanol–water partition coefficient (Wildman–Crippen LogP) is 1.87. The average Bonchev–Trinajstić information content (AvgIpc) is 2.30. The summed E-state index contributed by atoms with van der Waals surface area (Å²) in [5.41, 5.74) is 0.443. The predicted molar refractivity (Wildman–Crippen MR) is 63.4 cm³/mol. The van der Waals surface area contributed by atoms with Gasteiger partial charge in [0.15, 0.2) is 11.6 Å². The molecule has 0 aliphatic heterocycles. The van der Waals surface area contributed by atoms with Gasteiger partial charge in [0.2, 0.25) is 0 Å². The fraction of sp³-hybridized carbons (Fsp3) is 0.385. The molecule has 0 N–H and O–H groups in total. The number of carbonyl (C=O) groups is 2. The second kappa shape index (κ2) is 6.81. The number of ketones is 2. The van der Waals surface area contributed by atoms with E-state index in [9.17, 15) is 9.59 Å². The van der Waals surface area contributed by atoms with E-state index in [1.807, 2.05) is 6.92 Å². The number of para-hydroxylation sites is 1. The third-order valence-corrected chi connectivity index (χ3v) is 2.15. The molecule has 0 heterocycles. The van der Waals surface area contributed by atoms with Gasteiger partial charge in [-0.3, -0.25) is 9.59 Å². The molecule has 0 atom stereocenters. The molecule has 1 aromatic carbocycles. The van der Waals surface area contributed by atoms with Gasteiger partial charge >= 0.3 is 0 Å². The van der Waals surface area contributed by atoms with Gasteiger partial charge < -0.3 is 9.47 Å². The average molecular weight is 236 g/mol. The van der Waals surface area contributed by atoms with E-state index in [1.165, 1.54) is 7.11 Å². The van der Waals surface area contributed by atoms with Gasteiger partial charge in [-0.15, -0.1) is 0 Å². The molecule has 0 radical (unpaired) electrons. The molecule has 0 bridgehead atoms. The van der Waals surface area contributed by atoms with Crippen LogP contribution in [-0.2, 0) is 9.53 Å². The standard InChI is InChI=1S/C13H16O4/c1-3-17-13-7-5-4-6-11(13)12(15)8-10(14)9-16-2/h4-7H,3,8-9H2,1-2H3. The molecule has 0 amide bonds. The van der Waals surface area contributed by atoms with Crippen molar-refractivity contribution in [1.29, 1.82) is 0 Å². The summed E-state index contributed by atoms with van der Waals surface area (Å²) in [5.74, 6) is 0.0464. The molecule has 0 aliphatic carbocycles. The van der Waals surface area contributed by atoms with Crippen molar-refractivity contribution in [3.8, 4) is 5.75 Å². The van der Waals surface area contributed by atoms with Gasteiger partial charge in [-0.2, -0.15) is 0 Å². The number of rotatable bonds is 7. The van der Waals surface area contributed by atoms with Gasteiger partial charge in [0.1, 0.15) is 12.4 Å². The number of Topliss-reactive ketones (excluding diaryl/α,β-unsaturated/α-hetero) is 2. The van der Waals surface area contributed by atoms with Gasteiger partial charge in [0.05, 0.1) is 18.6 Å². The summed E-state index contributed by atoms with van der Waals surface area (Å²) in [5, 5.41) is 0. The summed E-state index contributed by atoms with van der Waals surface area (Å²) >= 11 is 0. The lowest BCUT2D eigenvalue weighted by molar-refractivity contribution is -0.121. The summed E-state index contributed by atoms with van der Waals surface area (Å²) in [6.07, 6.45) is -0.155. The van der Waals surface area contributed by atoms with Crippen LogP contribution in [0.5, 0.6) is 5.75 Å². The van der Waals surface area contributed by atoms with Crippen LogP contribution in [0.1, 0.15) is 23.7 Å². The lowest BCUT2D eigenvalue weighted by Crippen LogP contribution is -2.13. The minimum atomic E-state index is -0.240. The second-order valence-electron chi connectivity index (χ2n) is 3.50. The van der Waals surface area contributed by atoms with Gasteiger partial charge in [-0.1, -0.05) is 12.1 Å². The van der Waals surface area contributed by atoms with Crippen molar-refractivity contribution in [1.82, 2.24) is 0 Å². The largest absolute Gasteiger partial charge is 0.493 e. The molecule has 0 aromatic heterocycles. The zero-order chi connectivity index (χ0) is 12.7. The maximum atomic E-state index is 11.9. The van der Waals surface area contributed by atoms with Crippen molar-refractivity contribution in [2.45, 2.75) is 13.3 Å². The number of carbonyl (C=O) groups excluding carboxylic acids is 2. The first-order valence-corrected chi connectivity index (χ1v) is 5.44. The maximum absolute atomic E-state index is 11.9. The maximum Gasteiger partial charge on any atom is 0.174 e. The van der Waals surface area contributed by atoms with Crippen molar-refractivity contribution in [3.05, 3.63) is 29.8 Å². The summed E-state index contributed by atoms with van der Waals surface area (Å²) in [6.45, 7) is 2.29. The molecular formula is C13H16O4. The van der Waals surface area contributed by atoms with Gasteiger partial charge in [-0.05, 0) is 19.1 Å².